The Hall–Kier alpha value is -0.190. The monoisotopic (exact) mass is 216 g/mol. The Morgan fingerprint density at radius 3 is 2.50 bits per heavy atom. The molecule has 0 radical (unpaired) electrons. The smallest absolute Gasteiger partial charge is 0.0901 e. The van der Waals surface area contributed by atoms with E-state index >= 15 is 0 Å². The second-order valence-electron chi connectivity index (χ2n) is 3.99. The summed E-state index contributed by atoms with van der Waals surface area (Å²) in [5, 5.41) is 9.01. The molecule has 1 aliphatic rings. The zero-order chi connectivity index (χ0) is 10.6. The number of nitrogens with two attached hydrogens (primary N) is 1. The maximum absolute atomic E-state index is 9.01. The quantitative estimate of drug-likeness (QED) is 0.681. The molecule has 0 spiro atoms. The molecule has 3 N–H and O–H groups in total. The van der Waals surface area contributed by atoms with E-state index in [1.165, 1.54) is 0 Å². The Bertz CT molecular complexity index is 191. The standard InChI is InChI=1S/C10H20N2OS/c1-2-9(10(11)14)12-5-3-8(7-13)4-6-12/h8-9,13H,2-7H2,1H3,(H2,11,14). The highest BCUT2D eigenvalue weighted by Crippen LogP contribution is 2.19. The Morgan fingerprint density at radius 2 is 2.14 bits per heavy atom. The van der Waals surface area contributed by atoms with E-state index in [1.54, 1.807) is 0 Å². The van der Waals surface area contributed by atoms with E-state index in [0.717, 1.165) is 32.4 Å². The van der Waals surface area contributed by atoms with Gasteiger partial charge in [-0.3, -0.25) is 4.90 Å². The Balaban J connectivity index is 2.43. The largest absolute Gasteiger partial charge is 0.396 e. The van der Waals surface area contributed by atoms with E-state index in [-0.39, 0.29) is 6.04 Å². The van der Waals surface area contributed by atoms with Crippen LogP contribution in [-0.4, -0.2) is 40.7 Å². The van der Waals surface area contributed by atoms with Crippen LogP contribution in [0, 0.1) is 5.92 Å². The minimum Gasteiger partial charge on any atom is -0.396 e. The highest BCUT2D eigenvalue weighted by molar-refractivity contribution is 7.80. The fourth-order valence-corrected chi connectivity index (χ4v) is 2.40. The van der Waals surface area contributed by atoms with Gasteiger partial charge < -0.3 is 10.8 Å². The van der Waals surface area contributed by atoms with Gasteiger partial charge in [0.05, 0.1) is 11.0 Å². The lowest BCUT2D eigenvalue weighted by atomic mass is 9.96. The van der Waals surface area contributed by atoms with Crippen molar-refractivity contribution in [1.29, 1.82) is 0 Å². The lowest BCUT2D eigenvalue weighted by Gasteiger charge is -2.36. The molecule has 1 heterocycles. The normalized spacial score (nSPS) is 22.1. The second kappa shape index (κ2) is 5.63. The van der Waals surface area contributed by atoms with Gasteiger partial charge in [-0.25, -0.2) is 0 Å². The molecule has 4 heteroatoms. The van der Waals surface area contributed by atoms with Crippen molar-refractivity contribution in [3.05, 3.63) is 0 Å². The molecule has 0 aromatic carbocycles. The van der Waals surface area contributed by atoms with Crippen LogP contribution in [0.4, 0.5) is 0 Å². The molecule has 0 amide bonds. The summed E-state index contributed by atoms with van der Waals surface area (Å²) in [7, 11) is 0. The number of nitrogens with zero attached hydrogens (tertiary/aromatic N) is 1. The van der Waals surface area contributed by atoms with Gasteiger partial charge in [0.2, 0.25) is 0 Å². The Labute approximate surface area is 91.3 Å². The molecule has 82 valence electrons. The van der Waals surface area contributed by atoms with Crippen molar-refractivity contribution >= 4 is 17.2 Å². The SMILES string of the molecule is CCC(C(N)=S)N1CCC(CO)CC1. The molecular weight excluding hydrogens is 196 g/mol. The van der Waals surface area contributed by atoms with Crippen LogP contribution in [0.2, 0.25) is 0 Å². The minimum atomic E-state index is 0.254. The molecule has 1 fully saturated rings. The maximum Gasteiger partial charge on any atom is 0.0901 e. The van der Waals surface area contributed by atoms with Gasteiger partial charge in [0.1, 0.15) is 0 Å². The zero-order valence-corrected chi connectivity index (χ0v) is 9.59. The summed E-state index contributed by atoms with van der Waals surface area (Å²) in [6.45, 7) is 4.46. The van der Waals surface area contributed by atoms with Gasteiger partial charge in [0, 0.05) is 6.61 Å². The highest BCUT2D eigenvalue weighted by Gasteiger charge is 2.24. The highest BCUT2D eigenvalue weighted by atomic mass is 32.1. The van der Waals surface area contributed by atoms with Crippen LogP contribution in [0.1, 0.15) is 26.2 Å². The molecule has 3 nitrogen and oxygen atoms in total. The van der Waals surface area contributed by atoms with Crippen LogP contribution >= 0.6 is 12.2 Å². The lowest BCUT2D eigenvalue weighted by Crippen LogP contribution is -2.47. The summed E-state index contributed by atoms with van der Waals surface area (Å²) in [5.74, 6) is 0.482. The third kappa shape index (κ3) is 2.90. The second-order valence-corrected chi connectivity index (χ2v) is 4.46. The maximum atomic E-state index is 9.01. The summed E-state index contributed by atoms with van der Waals surface area (Å²) >= 11 is 5.04. The van der Waals surface area contributed by atoms with Gasteiger partial charge in [-0.1, -0.05) is 19.1 Å². The third-order valence-electron chi connectivity index (χ3n) is 3.06. The average molecular weight is 216 g/mol. The van der Waals surface area contributed by atoms with Crippen molar-refractivity contribution in [3.63, 3.8) is 0 Å². The van der Waals surface area contributed by atoms with E-state index in [4.69, 9.17) is 23.1 Å². The molecule has 1 unspecified atom stereocenters. The summed E-state index contributed by atoms with van der Waals surface area (Å²) in [6, 6.07) is 0.254. The van der Waals surface area contributed by atoms with Crippen LogP contribution < -0.4 is 5.73 Å². The fourth-order valence-electron chi connectivity index (χ4n) is 2.09. The summed E-state index contributed by atoms with van der Waals surface area (Å²) < 4.78 is 0. The van der Waals surface area contributed by atoms with E-state index in [2.05, 4.69) is 11.8 Å². The van der Waals surface area contributed by atoms with Crippen molar-refractivity contribution in [1.82, 2.24) is 4.90 Å². The number of hydrogen-bond donors (Lipinski definition) is 2. The average Bonchev–Trinajstić information content (AvgIpc) is 2.19. The predicted octanol–water partition coefficient (Wildman–Crippen LogP) is 0.755. The first kappa shape index (κ1) is 11.9. The number of aliphatic hydroxyl groups is 1. The summed E-state index contributed by atoms with van der Waals surface area (Å²) in [6.07, 6.45) is 3.12. The molecule has 1 atom stereocenters. The van der Waals surface area contributed by atoms with Crippen molar-refractivity contribution < 1.29 is 5.11 Å². The Morgan fingerprint density at radius 1 is 1.57 bits per heavy atom. The lowest BCUT2D eigenvalue weighted by molar-refractivity contribution is 0.118. The molecule has 1 saturated heterocycles. The number of hydrogen-bond acceptors (Lipinski definition) is 3. The summed E-state index contributed by atoms with van der Waals surface area (Å²) in [4.78, 5) is 2.95. The molecule has 14 heavy (non-hydrogen) atoms. The van der Waals surface area contributed by atoms with Gasteiger partial charge in [0.25, 0.3) is 0 Å². The first-order chi connectivity index (χ1) is 6.69. The molecule has 0 aromatic rings. The van der Waals surface area contributed by atoms with Crippen molar-refractivity contribution in [2.45, 2.75) is 32.2 Å². The number of thiocarbonyl (C=S) groups is 1. The number of piperidine rings is 1. The van der Waals surface area contributed by atoms with E-state index in [0.29, 0.717) is 17.5 Å². The molecule has 0 aromatic heterocycles. The molecular formula is C10H20N2OS. The predicted molar refractivity (Wildman–Crippen MR) is 62.2 cm³/mol. The first-order valence-electron chi connectivity index (χ1n) is 5.33. The van der Waals surface area contributed by atoms with E-state index < -0.39 is 0 Å². The zero-order valence-electron chi connectivity index (χ0n) is 8.78. The molecule has 0 bridgehead atoms. The number of rotatable bonds is 4. The van der Waals surface area contributed by atoms with Crippen molar-refractivity contribution in [2.75, 3.05) is 19.7 Å². The van der Waals surface area contributed by atoms with Gasteiger partial charge in [-0.05, 0) is 38.3 Å². The number of aliphatic hydroxyl groups excluding tert-OH is 1. The topological polar surface area (TPSA) is 49.5 Å². The van der Waals surface area contributed by atoms with Crippen LogP contribution in [0.25, 0.3) is 0 Å². The molecule has 0 aliphatic carbocycles. The van der Waals surface area contributed by atoms with Gasteiger partial charge in [-0.2, -0.15) is 0 Å². The Kier molecular flexibility index (Phi) is 4.78. The molecule has 1 aliphatic heterocycles. The third-order valence-corrected chi connectivity index (χ3v) is 3.34. The van der Waals surface area contributed by atoms with Crippen LogP contribution in [0.3, 0.4) is 0 Å². The molecule has 1 rings (SSSR count). The van der Waals surface area contributed by atoms with E-state index in [1.807, 2.05) is 0 Å². The number of likely N-dealkylation sites (tertiary alicyclic amines) is 1. The minimum absolute atomic E-state index is 0.254. The van der Waals surface area contributed by atoms with Gasteiger partial charge >= 0.3 is 0 Å². The first-order valence-corrected chi connectivity index (χ1v) is 5.74. The summed E-state index contributed by atoms with van der Waals surface area (Å²) in [5.41, 5.74) is 5.69. The van der Waals surface area contributed by atoms with Gasteiger partial charge in [0.15, 0.2) is 0 Å². The van der Waals surface area contributed by atoms with Crippen LogP contribution in [0.5, 0.6) is 0 Å². The van der Waals surface area contributed by atoms with Crippen molar-refractivity contribution in [3.8, 4) is 0 Å². The van der Waals surface area contributed by atoms with E-state index in [9.17, 15) is 0 Å². The van der Waals surface area contributed by atoms with Gasteiger partial charge in [-0.15, -0.1) is 0 Å². The fraction of sp³-hybridized carbons (Fsp3) is 0.900. The van der Waals surface area contributed by atoms with Crippen molar-refractivity contribution in [2.24, 2.45) is 11.7 Å². The van der Waals surface area contributed by atoms with Crippen LogP contribution in [-0.2, 0) is 0 Å². The molecule has 0 saturated carbocycles. The van der Waals surface area contributed by atoms with Crippen LogP contribution in [0.15, 0.2) is 0 Å².